The first-order chi connectivity index (χ1) is 9.00. The number of carbonyl (C=O) groups excluding carboxylic acids is 1. The predicted molar refractivity (Wildman–Crippen MR) is 72.5 cm³/mol. The summed E-state index contributed by atoms with van der Waals surface area (Å²) in [6.45, 7) is 0.213. The van der Waals surface area contributed by atoms with E-state index in [2.05, 4.69) is 0 Å². The number of carboxylic acid groups (broad SMARTS) is 1. The van der Waals surface area contributed by atoms with Crippen molar-refractivity contribution in [2.75, 3.05) is 18.6 Å². The largest absolute Gasteiger partial charge is 0.481 e. The van der Waals surface area contributed by atoms with Gasteiger partial charge in [-0.2, -0.15) is 11.8 Å². The fraction of sp³-hybridized carbons (Fsp3) is 0.385. The Kier molecular flexibility index (Phi) is 6.35. The highest BCUT2D eigenvalue weighted by atomic mass is 32.2. The number of hydrogen-bond acceptors (Lipinski definition) is 3. The normalized spacial score (nSPS) is 10.2. The molecule has 4 nitrogen and oxygen atoms in total. The Morgan fingerprint density at radius 2 is 2.05 bits per heavy atom. The number of carbonyl (C=O) groups is 2. The number of carboxylic acids is 1. The Bertz CT molecular complexity index is 453. The van der Waals surface area contributed by atoms with Crippen molar-refractivity contribution in [3.8, 4) is 0 Å². The van der Waals surface area contributed by atoms with Gasteiger partial charge in [-0.3, -0.25) is 9.59 Å². The second-order valence-corrected chi connectivity index (χ2v) is 5.14. The van der Waals surface area contributed by atoms with Gasteiger partial charge in [0.05, 0.1) is 12.2 Å². The fourth-order valence-electron chi connectivity index (χ4n) is 1.40. The van der Waals surface area contributed by atoms with E-state index >= 15 is 0 Å². The molecule has 0 atom stereocenters. The summed E-state index contributed by atoms with van der Waals surface area (Å²) >= 11 is 1.27. The first kappa shape index (κ1) is 15.5. The van der Waals surface area contributed by atoms with Crippen LogP contribution in [0, 0.1) is 5.82 Å². The van der Waals surface area contributed by atoms with E-state index in [1.54, 1.807) is 25.2 Å². The van der Waals surface area contributed by atoms with Gasteiger partial charge < -0.3 is 10.0 Å². The quantitative estimate of drug-likeness (QED) is 0.778. The summed E-state index contributed by atoms with van der Waals surface area (Å²) in [5.41, 5.74) is 0.467. The highest BCUT2D eigenvalue weighted by Gasteiger charge is 2.11. The lowest BCUT2D eigenvalue weighted by molar-refractivity contribution is -0.136. The second kappa shape index (κ2) is 7.78. The number of nitrogens with zero attached hydrogens (tertiary/aromatic N) is 1. The van der Waals surface area contributed by atoms with Gasteiger partial charge in [-0.25, -0.2) is 4.39 Å². The monoisotopic (exact) mass is 285 g/mol. The van der Waals surface area contributed by atoms with Crippen LogP contribution in [-0.2, 0) is 16.1 Å². The molecule has 1 aromatic carbocycles. The standard InChI is InChI=1S/C13H16FNO3S/c1-15(8-10-4-2-3-5-11(10)14)12(16)9-19-7-6-13(17)18/h2-5H,6-9H2,1H3,(H,17,18). The van der Waals surface area contributed by atoms with Crippen LogP contribution in [0.2, 0.25) is 0 Å². The maximum atomic E-state index is 13.4. The van der Waals surface area contributed by atoms with E-state index in [4.69, 9.17) is 5.11 Å². The van der Waals surface area contributed by atoms with E-state index in [9.17, 15) is 14.0 Å². The molecule has 0 aromatic heterocycles. The van der Waals surface area contributed by atoms with Gasteiger partial charge in [0.2, 0.25) is 5.91 Å². The van der Waals surface area contributed by atoms with Gasteiger partial charge in [-0.1, -0.05) is 18.2 Å². The molecule has 1 rings (SSSR count). The number of thioether (sulfide) groups is 1. The summed E-state index contributed by atoms with van der Waals surface area (Å²) in [6.07, 6.45) is 0.0367. The minimum Gasteiger partial charge on any atom is -0.481 e. The summed E-state index contributed by atoms with van der Waals surface area (Å²) < 4.78 is 13.4. The highest BCUT2D eigenvalue weighted by Crippen LogP contribution is 2.10. The van der Waals surface area contributed by atoms with Crippen LogP contribution >= 0.6 is 11.8 Å². The van der Waals surface area contributed by atoms with Crippen LogP contribution in [-0.4, -0.2) is 40.4 Å². The molecule has 0 unspecified atom stereocenters. The molecule has 104 valence electrons. The maximum Gasteiger partial charge on any atom is 0.304 e. The zero-order valence-corrected chi connectivity index (χ0v) is 11.5. The van der Waals surface area contributed by atoms with E-state index in [0.29, 0.717) is 11.3 Å². The van der Waals surface area contributed by atoms with Crippen molar-refractivity contribution in [2.45, 2.75) is 13.0 Å². The molecule has 1 amide bonds. The number of amides is 1. The molecule has 0 aliphatic heterocycles. The predicted octanol–water partition coefficient (Wildman–Crippen LogP) is 1.99. The number of hydrogen-bond donors (Lipinski definition) is 1. The Hall–Kier alpha value is -1.56. The van der Waals surface area contributed by atoms with Crippen LogP contribution in [0.25, 0.3) is 0 Å². The van der Waals surface area contributed by atoms with Gasteiger partial charge in [-0.15, -0.1) is 0 Å². The zero-order valence-electron chi connectivity index (χ0n) is 10.6. The molecule has 0 aliphatic rings. The summed E-state index contributed by atoms with van der Waals surface area (Å²) in [5, 5.41) is 8.46. The maximum absolute atomic E-state index is 13.4. The van der Waals surface area contributed by atoms with E-state index < -0.39 is 5.97 Å². The Labute approximate surface area is 115 Å². The Balaban J connectivity index is 2.37. The molecular formula is C13H16FNO3S. The van der Waals surface area contributed by atoms with E-state index in [-0.39, 0.29) is 30.4 Å². The van der Waals surface area contributed by atoms with Gasteiger partial charge >= 0.3 is 5.97 Å². The van der Waals surface area contributed by atoms with Crippen molar-refractivity contribution >= 4 is 23.6 Å². The third-order valence-corrected chi connectivity index (χ3v) is 3.42. The van der Waals surface area contributed by atoms with Gasteiger partial charge in [0.15, 0.2) is 0 Å². The lowest BCUT2D eigenvalue weighted by atomic mass is 10.2. The minimum atomic E-state index is -0.875. The first-order valence-corrected chi connectivity index (χ1v) is 6.93. The lowest BCUT2D eigenvalue weighted by Gasteiger charge is -2.17. The van der Waals surface area contributed by atoms with Crippen LogP contribution in [0.1, 0.15) is 12.0 Å². The third-order valence-electron chi connectivity index (χ3n) is 2.48. The smallest absolute Gasteiger partial charge is 0.304 e. The fourth-order valence-corrected chi connectivity index (χ4v) is 2.26. The minimum absolute atomic E-state index is 0.0367. The van der Waals surface area contributed by atoms with Crippen molar-refractivity contribution in [3.05, 3.63) is 35.6 Å². The van der Waals surface area contributed by atoms with E-state index in [0.717, 1.165) is 0 Å². The summed E-state index contributed by atoms with van der Waals surface area (Å²) in [4.78, 5) is 23.5. The summed E-state index contributed by atoms with van der Waals surface area (Å²) in [6, 6.07) is 6.31. The van der Waals surface area contributed by atoms with Crippen molar-refractivity contribution in [1.29, 1.82) is 0 Å². The second-order valence-electron chi connectivity index (χ2n) is 4.04. The van der Waals surface area contributed by atoms with Crippen molar-refractivity contribution in [2.24, 2.45) is 0 Å². The molecule has 0 spiro atoms. The third kappa shape index (κ3) is 5.74. The lowest BCUT2D eigenvalue weighted by Crippen LogP contribution is -2.28. The van der Waals surface area contributed by atoms with Gasteiger partial charge in [0.25, 0.3) is 0 Å². The molecule has 0 bridgehead atoms. The van der Waals surface area contributed by atoms with Gasteiger partial charge in [0, 0.05) is 24.9 Å². The molecule has 1 aromatic rings. The molecule has 0 saturated heterocycles. The molecule has 0 fully saturated rings. The van der Waals surface area contributed by atoms with Crippen molar-refractivity contribution < 1.29 is 19.1 Å². The highest BCUT2D eigenvalue weighted by molar-refractivity contribution is 7.99. The molecule has 0 radical (unpaired) electrons. The molecule has 0 saturated carbocycles. The van der Waals surface area contributed by atoms with Gasteiger partial charge in [0.1, 0.15) is 5.82 Å². The van der Waals surface area contributed by atoms with Crippen LogP contribution in [0.4, 0.5) is 4.39 Å². The number of aliphatic carboxylic acids is 1. The summed E-state index contributed by atoms with van der Waals surface area (Å²) in [5.74, 6) is -0.744. The molecule has 6 heteroatoms. The number of benzene rings is 1. The number of rotatable bonds is 7. The molecule has 0 aliphatic carbocycles. The van der Waals surface area contributed by atoms with Crippen LogP contribution < -0.4 is 0 Å². The van der Waals surface area contributed by atoms with Gasteiger partial charge in [-0.05, 0) is 6.07 Å². The number of halogens is 1. The topological polar surface area (TPSA) is 57.6 Å². The molecule has 19 heavy (non-hydrogen) atoms. The Morgan fingerprint density at radius 1 is 1.37 bits per heavy atom. The van der Waals surface area contributed by atoms with Crippen LogP contribution in [0.3, 0.4) is 0 Å². The zero-order chi connectivity index (χ0) is 14.3. The average molecular weight is 285 g/mol. The average Bonchev–Trinajstić information content (AvgIpc) is 2.36. The molecular weight excluding hydrogens is 269 g/mol. The SMILES string of the molecule is CN(Cc1ccccc1F)C(=O)CSCCC(=O)O. The first-order valence-electron chi connectivity index (χ1n) is 5.77. The van der Waals surface area contributed by atoms with Crippen molar-refractivity contribution in [1.82, 2.24) is 4.90 Å². The van der Waals surface area contributed by atoms with E-state index in [1.165, 1.54) is 22.7 Å². The Morgan fingerprint density at radius 3 is 2.68 bits per heavy atom. The molecule has 0 heterocycles. The van der Waals surface area contributed by atoms with Crippen molar-refractivity contribution in [3.63, 3.8) is 0 Å². The molecule has 1 N–H and O–H groups in total. The summed E-state index contributed by atoms with van der Waals surface area (Å²) in [7, 11) is 1.60. The van der Waals surface area contributed by atoms with E-state index in [1.807, 2.05) is 0 Å². The van der Waals surface area contributed by atoms with Crippen LogP contribution in [0.15, 0.2) is 24.3 Å². The van der Waals surface area contributed by atoms with Crippen LogP contribution in [0.5, 0.6) is 0 Å².